The summed E-state index contributed by atoms with van der Waals surface area (Å²) < 4.78 is 0. The molecule has 0 spiro atoms. The van der Waals surface area contributed by atoms with Gasteiger partial charge >= 0.3 is 0 Å². The third-order valence-electron chi connectivity index (χ3n) is 3.73. The highest BCUT2D eigenvalue weighted by molar-refractivity contribution is 5.78. The van der Waals surface area contributed by atoms with Gasteiger partial charge < -0.3 is 10.6 Å². The van der Waals surface area contributed by atoms with Crippen LogP contribution in [-0.2, 0) is 4.79 Å². The third kappa shape index (κ3) is 4.52. The highest BCUT2D eigenvalue weighted by Crippen LogP contribution is 2.25. The molecule has 0 aromatic carbocycles. The molecule has 0 radical (unpaired) electrons. The minimum Gasteiger partial charge on any atom is -0.355 e. The summed E-state index contributed by atoms with van der Waals surface area (Å²) in [5.41, 5.74) is 0. The Morgan fingerprint density at radius 2 is 1.81 bits per heavy atom. The fraction of sp³-hybridized carbons (Fsp3) is 0.923. The maximum absolute atomic E-state index is 11.4. The molecule has 2 fully saturated rings. The van der Waals surface area contributed by atoms with Crippen LogP contribution in [0.2, 0.25) is 0 Å². The summed E-state index contributed by atoms with van der Waals surface area (Å²) >= 11 is 0. The van der Waals surface area contributed by atoms with Crippen molar-refractivity contribution in [1.29, 1.82) is 0 Å². The van der Waals surface area contributed by atoms with Crippen molar-refractivity contribution in [1.82, 2.24) is 10.6 Å². The first-order valence-corrected chi connectivity index (χ1v) is 6.84. The van der Waals surface area contributed by atoms with E-state index in [0.29, 0.717) is 12.6 Å². The standard InChI is InChI=1S/C13H24N2O/c16-13(10-15-12-6-7-12)14-9-8-11-4-2-1-3-5-11/h11-12,15H,1-10H2,(H,14,16). The molecule has 2 N–H and O–H groups in total. The summed E-state index contributed by atoms with van der Waals surface area (Å²) in [6, 6.07) is 0.629. The van der Waals surface area contributed by atoms with Crippen molar-refractivity contribution < 1.29 is 4.79 Å². The van der Waals surface area contributed by atoms with Gasteiger partial charge in [0, 0.05) is 12.6 Å². The van der Waals surface area contributed by atoms with Gasteiger partial charge in [-0.1, -0.05) is 32.1 Å². The van der Waals surface area contributed by atoms with Crippen molar-refractivity contribution in [3.63, 3.8) is 0 Å². The summed E-state index contributed by atoms with van der Waals surface area (Å²) in [4.78, 5) is 11.4. The van der Waals surface area contributed by atoms with Crippen LogP contribution in [0.4, 0.5) is 0 Å². The lowest BCUT2D eigenvalue weighted by Crippen LogP contribution is -2.35. The predicted molar refractivity (Wildman–Crippen MR) is 65.2 cm³/mol. The first-order chi connectivity index (χ1) is 7.84. The van der Waals surface area contributed by atoms with Crippen molar-refractivity contribution in [3.05, 3.63) is 0 Å². The monoisotopic (exact) mass is 224 g/mol. The predicted octanol–water partition coefficient (Wildman–Crippen LogP) is 1.82. The minimum atomic E-state index is 0.169. The molecule has 2 aliphatic rings. The molecule has 1 amide bonds. The van der Waals surface area contributed by atoms with E-state index in [1.165, 1.54) is 51.4 Å². The fourth-order valence-corrected chi connectivity index (χ4v) is 2.48. The van der Waals surface area contributed by atoms with Crippen LogP contribution in [0, 0.1) is 5.92 Å². The van der Waals surface area contributed by atoms with E-state index in [9.17, 15) is 4.79 Å². The molecule has 16 heavy (non-hydrogen) atoms. The second-order valence-electron chi connectivity index (χ2n) is 5.30. The Kier molecular flexibility index (Phi) is 4.64. The molecule has 2 saturated carbocycles. The van der Waals surface area contributed by atoms with Crippen molar-refractivity contribution in [2.45, 2.75) is 57.4 Å². The van der Waals surface area contributed by atoms with E-state index in [2.05, 4.69) is 10.6 Å². The van der Waals surface area contributed by atoms with Gasteiger partial charge in [0.05, 0.1) is 6.54 Å². The Hall–Kier alpha value is -0.570. The number of rotatable bonds is 6. The van der Waals surface area contributed by atoms with Crippen LogP contribution in [0.5, 0.6) is 0 Å². The highest BCUT2D eigenvalue weighted by Gasteiger charge is 2.21. The van der Waals surface area contributed by atoms with E-state index in [4.69, 9.17) is 0 Å². The Labute approximate surface area is 98.4 Å². The highest BCUT2D eigenvalue weighted by atomic mass is 16.1. The zero-order valence-corrected chi connectivity index (χ0v) is 10.1. The molecule has 3 heteroatoms. The molecule has 0 atom stereocenters. The molecule has 2 aliphatic carbocycles. The summed E-state index contributed by atoms with van der Waals surface area (Å²) in [5, 5.41) is 6.24. The first kappa shape index (κ1) is 11.9. The van der Waals surface area contributed by atoms with Gasteiger partial charge in [0.25, 0.3) is 0 Å². The molecule has 2 rings (SSSR count). The lowest BCUT2D eigenvalue weighted by atomic mass is 9.87. The van der Waals surface area contributed by atoms with Crippen molar-refractivity contribution >= 4 is 5.91 Å². The molecule has 0 aliphatic heterocycles. The Bertz CT molecular complexity index is 220. The van der Waals surface area contributed by atoms with E-state index in [-0.39, 0.29) is 5.91 Å². The summed E-state index contributed by atoms with van der Waals surface area (Å²) in [5.74, 6) is 1.04. The van der Waals surface area contributed by atoms with Crippen LogP contribution in [-0.4, -0.2) is 25.0 Å². The SMILES string of the molecule is O=C(CNC1CC1)NCCC1CCCCC1. The van der Waals surface area contributed by atoms with E-state index >= 15 is 0 Å². The maximum atomic E-state index is 11.4. The van der Waals surface area contributed by atoms with Crippen molar-refractivity contribution in [3.8, 4) is 0 Å². The maximum Gasteiger partial charge on any atom is 0.233 e. The van der Waals surface area contributed by atoms with Crippen molar-refractivity contribution in [2.24, 2.45) is 5.92 Å². The second-order valence-corrected chi connectivity index (χ2v) is 5.30. The van der Waals surface area contributed by atoms with E-state index in [1.807, 2.05) is 0 Å². The zero-order chi connectivity index (χ0) is 11.2. The molecule has 0 aromatic rings. The second kappa shape index (κ2) is 6.24. The van der Waals surface area contributed by atoms with Gasteiger partial charge in [0.15, 0.2) is 0 Å². The Morgan fingerprint density at radius 1 is 1.06 bits per heavy atom. The van der Waals surface area contributed by atoms with Crippen LogP contribution in [0.1, 0.15) is 51.4 Å². The van der Waals surface area contributed by atoms with Crippen LogP contribution < -0.4 is 10.6 Å². The topological polar surface area (TPSA) is 41.1 Å². The van der Waals surface area contributed by atoms with E-state index in [0.717, 1.165) is 12.5 Å². The number of amides is 1. The third-order valence-corrected chi connectivity index (χ3v) is 3.73. The average molecular weight is 224 g/mol. The largest absolute Gasteiger partial charge is 0.355 e. The Morgan fingerprint density at radius 3 is 2.50 bits per heavy atom. The normalized spacial score (nSPS) is 22.0. The molecule has 0 unspecified atom stereocenters. The van der Waals surface area contributed by atoms with E-state index in [1.54, 1.807) is 0 Å². The van der Waals surface area contributed by atoms with Gasteiger partial charge in [-0.05, 0) is 25.2 Å². The van der Waals surface area contributed by atoms with E-state index < -0.39 is 0 Å². The molecular formula is C13H24N2O. The average Bonchev–Trinajstić information content (AvgIpc) is 3.12. The number of carbonyl (C=O) groups excluding carboxylic acids is 1. The zero-order valence-electron chi connectivity index (χ0n) is 10.1. The van der Waals surface area contributed by atoms with Crippen LogP contribution in [0.3, 0.4) is 0 Å². The molecule has 0 bridgehead atoms. The molecule has 92 valence electrons. The van der Waals surface area contributed by atoms with Gasteiger partial charge in [-0.25, -0.2) is 0 Å². The van der Waals surface area contributed by atoms with Gasteiger partial charge in [0.2, 0.25) is 5.91 Å². The number of nitrogens with one attached hydrogen (secondary N) is 2. The van der Waals surface area contributed by atoms with Gasteiger partial charge in [0.1, 0.15) is 0 Å². The van der Waals surface area contributed by atoms with Crippen LogP contribution >= 0.6 is 0 Å². The number of hydrogen-bond acceptors (Lipinski definition) is 2. The molecular weight excluding hydrogens is 200 g/mol. The lowest BCUT2D eigenvalue weighted by molar-refractivity contribution is -0.120. The van der Waals surface area contributed by atoms with Crippen molar-refractivity contribution in [2.75, 3.05) is 13.1 Å². The van der Waals surface area contributed by atoms with Gasteiger partial charge in [-0.2, -0.15) is 0 Å². The molecule has 0 heterocycles. The van der Waals surface area contributed by atoms with Crippen LogP contribution in [0.15, 0.2) is 0 Å². The summed E-state index contributed by atoms with van der Waals surface area (Å²) in [7, 11) is 0. The summed E-state index contributed by atoms with van der Waals surface area (Å²) in [6.07, 6.45) is 10.6. The molecule has 3 nitrogen and oxygen atoms in total. The number of carbonyl (C=O) groups is 1. The number of hydrogen-bond donors (Lipinski definition) is 2. The van der Waals surface area contributed by atoms with Crippen LogP contribution in [0.25, 0.3) is 0 Å². The quantitative estimate of drug-likeness (QED) is 0.722. The Balaban J connectivity index is 1.47. The van der Waals surface area contributed by atoms with Gasteiger partial charge in [-0.3, -0.25) is 4.79 Å². The minimum absolute atomic E-state index is 0.169. The molecule has 0 aromatic heterocycles. The van der Waals surface area contributed by atoms with Gasteiger partial charge in [-0.15, -0.1) is 0 Å². The smallest absolute Gasteiger partial charge is 0.233 e. The fourth-order valence-electron chi connectivity index (χ4n) is 2.48. The molecule has 0 saturated heterocycles. The summed E-state index contributed by atoms with van der Waals surface area (Å²) in [6.45, 7) is 1.38. The lowest BCUT2D eigenvalue weighted by Gasteiger charge is -2.21. The first-order valence-electron chi connectivity index (χ1n) is 6.84.